The molecule has 0 bridgehead atoms. The molecule has 1 amide bonds. The van der Waals surface area contributed by atoms with Crippen molar-refractivity contribution >= 4 is 55.9 Å². The third-order valence-corrected chi connectivity index (χ3v) is 6.91. The maximum Gasteiger partial charge on any atom is 0.266 e. The normalized spacial score (nSPS) is 10.9. The summed E-state index contributed by atoms with van der Waals surface area (Å²) in [7, 11) is 0. The van der Waals surface area contributed by atoms with Gasteiger partial charge in [-0.25, -0.2) is 4.98 Å². The summed E-state index contributed by atoms with van der Waals surface area (Å²) in [6.07, 6.45) is 0. The van der Waals surface area contributed by atoms with E-state index in [0.717, 1.165) is 28.9 Å². The maximum atomic E-state index is 13.3. The van der Waals surface area contributed by atoms with E-state index >= 15 is 0 Å². The molecule has 0 spiro atoms. The van der Waals surface area contributed by atoms with Gasteiger partial charge < -0.3 is 10.2 Å². The molecule has 1 aromatic heterocycles. The Kier molecular flexibility index (Phi) is 7.70. The third-order valence-electron chi connectivity index (χ3n) is 5.44. The molecule has 0 fully saturated rings. The molecule has 0 radical (unpaired) electrons. The molecule has 0 saturated carbocycles. The van der Waals surface area contributed by atoms with Crippen molar-refractivity contribution in [2.75, 3.05) is 29.1 Å². The SMILES string of the molecule is CCN(CC)c1ccc(NC(=O)CSc2nc3ccccc3c(=O)n2-c2ccc(Br)cc2)cc1. The predicted molar refractivity (Wildman–Crippen MR) is 144 cm³/mol. The molecule has 0 aliphatic rings. The molecule has 0 unspecified atom stereocenters. The van der Waals surface area contributed by atoms with E-state index in [1.807, 2.05) is 66.7 Å². The summed E-state index contributed by atoms with van der Waals surface area (Å²) in [6, 6.07) is 22.5. The number of nitrogens with one attached hydrogen (secondary N) is 1. The zero-order valence-corrected chi connectivity index (χ0v) is 21.4. The lowest BCUT2D eigenvalue weighted by atomic mass is 10.2. The Morgan fingerprint density at radius 3 is 2.35 bits per heavy atom. The second-order valence-corrected chi connectivity index (χ2v) is 9.44. The highest BCUT2D eigenvalue weighted by Gasteiger charge is 2.15. The standard InChI is InChI=1S/C26H25BrN4O2S/c1-3-30(4-2)20-15-11-19(12-16-20)28-24(32)17-34-26-29-23-8-6-5-7-22(23)25(33)31(26)21-13-9-18(27)10-14-21/h5-16H,3-4,17H2,1-2H3,(H,28,32). The molecule has 1 N–H and O–H groups in total. The largest absolute Gasteiger partial charge is 0.372 e. The van der Waals surface area contributed by atoms with Gasteiger partial charge in [0.1, 0.15) is 0 Å². The maximum absolute atomic E-state index is 13.3. The van der Waals surface area contributed by atoms with Crippen LogP contribution >= 0.6 is 27.7 Å². The summed E-state index contributed by atoms with van der Waals surface area (Å²) in [5.74, 6) is -0.0376. The van der Waals surface area contributed by atoms with Gasteiger partial charge in [-0.15, -0.1) is 0 Å². The predicted octanol–water partition coefficient (Wildman–Crippen LogP) is 5.73. The Bertz CT molecular complexity index is 1350. The molecule has 8 heteroatoms. The van der Waals surface area contributed by atoms with Crippen LogP contribution < -0.4 is 15.8 Å². The van der Waals surface area contributed by atoms with E-state index in [1.165, 1.54) is 11.8 Å². The highest BCUT2D eigenvalue weighted by atomic mass is 79.9. The number of aromatic nitrogens is 2. The number of rotatable bonds is 8. The zero-order valence-electron chi connectivity index (χ0n) is 19.0. The molecular weight excluding hydrogens is 512 g/mol. The van der Waals surface area contributed by atoms with E-state index in [0.29, 0.717) is 21.7 Å². The fourth-order valence-electron chi connectivity index (χ4n) is 3.70. The molecule has 4 rings (SSSR count). The van der Waals surface area contributed by atoms with Crippen LogP contribution in [0.4, 0.5) is 11.4 Å². The molecule has 0 aliphatic carbocycles. The summed E-state index contributed by atoms with van der Waals surface area (Å²) < 4.78 is 2.48. The Morgan fingerprint density at radius 2 is 1.68 bits per heavy atom. The lowest BCUT2D eigenvalue weighted by molar-refractivity contribution is -0.113. The van der Waals surface area contributed by atoms with Gasteiger partial charge in [-0.3, -0.25) is 14.2 Å². The second-order valence-electron chi connectivity index (χ2n) is 7.58. The van der Waals surface area contributed by atoms with E-state index in [9.17, 15) is 9.59 Å². The van der Waals surface area contributed by atoms with E-state index in [-0.39, 0.29) is 17.2 Å². The molecule has 4 aromatic rings. The number of carbonyl (C=O) groups excluding carboxylic acids is 1. The fraction of sp³-hybridized carbons (Fsp3) is 0.192. The Balaban J connectivity index is 1.56. The van der Waals surface area contributed by atoms with Crippen LogP contribution in [0.5, 0.6) is 0 Å². The van der Waals surface area contributed by atoms with Gasteiger partial charge in [0.2, 0.25) is 5.91 Å². The smallest absolute Gasteiger partial charge is 0.266 e. The zero-order chi connectivity index (χ0) is 24.1. The van der Waals surface area contributed by atoms with Gasteiger partial charge in [0.25, 0.3) is 5.56 Å². The first-order chi connectivity index (χ1) is 16.5. The number of amides is 1. The number of hydrogen-bond acceptors (Lipinski definition) is 5. The lowest BCUT2D eigenvalue weighted by Crippen LogP contribution is -2.23. The molecule has 0 atom stereocenters. The number of fused-ring (bicyclic) bond motifs is 1. The number of thioether (sulfide) groups is 1. The number of nitrogens with zero attached hydrogens (tertiary/aromatic N) is 3. The van der Waals surface area contributed by atoms with Gasteiger partial charge in [0.05, 0.1) is 22.3 Å². The van der Waals surface area contributed by atoms with Crippen molar-refractivity contribution in [2.24, 2.45) is 0 Å². The van der Waals surface area contributed by atoms with Crippen molar-refractivity contribution < 1.29 is 4.79 Å². The number of para-hydroxylation sites is 1. The van der Waals surface area contributed by atoms with E-state index in [2.05, 4.69) is 40.0 Å². The van der Waals surface area contributed by atoms with Crippen molar-refractivity contribution in [3.63, 3.8) is 0 Å². The Hall–Kier alpha value is -3.10. The quantitative estimate of drug-likeness (QED) is 0.230. The minimum atomic E-state index is -0.164. The minimum absolute atomic E-state index is 0.124. The Labute approximate surface area is 211 Å². The van der Waals surface area contributed by atoms with Crippen LogP contribution in [0.2, 0.25) is 0 Å². The van der Waals surface area contributed by atoms with Crippen molar-refractivity contribution in [3.8, 4) is 5.69 Å². The summed E-state index contributed by atoms with van der Waals surface area (Å²) in [6.45, 7) is 6.09. The number of anilines is 2. The van der Waals surface area contributed by atoms with Gasteiger partial charge in [-0.1, -0.05) is 39.8 Å². The van der Waals surface area contributed by atoms with E-state index in [1.54, 1.807) is 10.6 Å². The number of carbonyl (C=O) groups is 1. The van der Waals surface area contributed by atoms with E-state index < -0.39 is 0 Å². The highest BCUT2D eigenvalue weighted by Crippen LogP contribution is 2.23. The molecule has 0 saturated heterocycles. The first-order valence-corrected chi connectivity index (χ1v) is 12.8. The van der Waals surface area contributed by atoms with Crippen LogP contribution in [-0.4, -0.2) is 34.3 Å². The first kappa shape index (κ1) is 24.0. The average Bonchev–Trinajstić information content (AvgIpc) is 2.85. The topological polar surface area (TPSA) is 67.2 Å². The molecule has 174 valence electrons. The monoisotopic (exact) mass is 536 g/mol. The number of benzene rings is 3. The summed E-state index contributed by atoms with van der Waals surface area (Å²) in [5.41, 5.74) is 2.99. The summed E-state index contributed by atoms with van der Waals surface area (Å²) in [4.78, 5) is 32.9. The van der Waals surface area contributed by atoms with Crippen LogP contribution in [0.1, 0.15) is 13.8 Å². The summed E-state index contributed by atoms with van der Waals surface area (Å²) in [5, 5.41) is 3.94. The molecule has 6 nitrogen and oxygen atoms in total. The van der Waals surface area contributed by atoms with Crippen molar-refractivity contribution in [1.29, 1.82) is 0 Å². The Morgan fingerprint density at radius 1 is 1.00 bits per heavy atom. The fourth-order valence-corrected chi connectivity index (χ4v) is 4.78. The minimum Gasteiger partial charge on any atom is -0.372 e. The second kappa shape index (κ2) is 10.9. The van der Waals surface area contributed by atoms with Gasteiger partial charge in [-0.2, -0.15) is 0 Å². The summed E-state index contributed by atoms with van der Waals surface area (Å²) >= 11 is 4.67. The lowest BCUT2D eigenvalue weighted by Gasteiger charge is -2.21. The van der Waals surface area contributed by atoms with Crippen LogP contribution in [0.15, 0.2) is 87.2 Å². The molecule has 3 aromatic carbocycles. The molecular formula is C26H25BrN4O2S. The van der Waals surface area contributed by atoms with Crippen molar-refractivity contribution in [3.05, 3.63) is 87.6 Å². The van der Waals surface area contributed by atoms with E-state index in [4.69, 9.17) is 4.98 Å². The molecule has 34 heavy (non-hydrogen) atoms. The third kappa shape index (κ3) is 5.34. The average molecular weight is 537 g/mol. The van der Waals surface area contributed by atoms with Gasteiger partial charge in [0.15, 0.2) is 5.16 Å². The first-order valence-electron chi connectivity index (χ1n) is 11.1. The van der Waals surface area contributed by atoms with Crippen LogP contribution in [0, 0.1) is 0 Å². The van der Waals surface area contributed by atoms with Crippen LogP contribution in [-0.2, 0) is 4.79 Å². The highest BCUT2D eigenvalue weighted by molar-refractivity contribution is 9.10. The van der Waals surface area contributed by atoms with Gasteiger partial charge in [0, 0.05) is 28.9 Å². The van der Waals surface area contributed by atoms with Crippen LogP contribution in [0.3, 0.4) is 0 Å². The number of hydrogen-bond donors (Lipinski definition) is 1. The van der Waals surface area contributed by atoms with Gasteiger partial charge in [-0.05, 0) is 74.5 Å². The molecule has 0 aliphatic heterocycles. The van der Waals surface area contributed by atoms with Crippen molar-refractivity contribution in [2.45, 2.75) is 19.0 Å². The van der Waals surface area contributed by atoms with Crippen molar-refractivity contribution in [1.82, 2.24) is 9.55 Å². The molecule has 1 heterocycles. The van der Waals surface area contributed by atoms with Crippen LogP contribution in [0.25, 0.3) is 16.6 Å². The number of halogens is 1. The van der Waals surface area contributed by atoms with Gasteiger partial charge >= 0.3 is 0 Å².